The molecule has 0 amide bonds. The predicted molar refractivity (Wildman–Crippen MR) is 44.4 cm³/mol. The highest BCUT2D eigenvalue weighted by molar-refractivity contribution is 5.08. The van der Waals surface area contributed by atoms with Gasteiger partial charge in [0.1, 0.15) is 0 Å². The second-order valence-electron chi connectivity index (χ2n) is 3.07. The highest BCUT2D eigenvalue weighted by Crippen LogP contribution is 2.21. The van der Waals surface area contributed by atoms with Crippen LogP contribution in [0.5, 0.6) is 0 Å². The van der Waals surface area contributed by atoms with Crippen molar-refractivity contribution >= 4 is 0 Å². The summed E-state index contributed by atoms with van der Waals surface area (Å²) in [5.74, 6) is 0. The van der Waals surface area contributed by atoms with Crippen molar-refractivity contribution in [2.75, 3.05) is 13.7 Å². The minimum atomic E-state index is -0.302. The van der Waals surface area contributed by atoms with Gasteiger partial charge in [0.05, 0.1) is 12.7 Å². The number of hydrogen-bond donors (Lipinski definition) is 1. The van der Waals surface area contributed by atoms with Gasteiger partial charge in [-0.1, -0.05) is 11.6 Å². The summed E-state index contributed by atoms with van der Waals surface area (Å²) >= 11 is 0. The van der Waals surface area contributed by atoms with Gasteiger partial charge in [0.25, 0.3) is 0 Å². The summed E-state index contributed by atoms with van der Waals surface area (Å²) in [6.45, 7) is 0.456. The maximum atomic E-state index is 9.34. The third kappa shape index (κ3) is 3.04. The fraction of sp³-hybridized carbons (Fsp3) is 0.778. The Labute approximate surface area is 67.9 Å². The molecule has 1 atom stereocenters. The average Bonchev–Trinajstić information content (AvgIpc) is 2.40. The normalized spacial score (nSPS) is 20.0. The maximum Gasteiger partial charge on any atom is 0.0810 e. The van der Waals surface area contributed by atoms with Gasteiger partial charge in [0.15, 0.2) is 0 Å². The molecule has 64 valence electrons. The molecule has 1 N–H and O–H groups in total. The molecule has 0 heterocycles. The first-order chi connectivity index (χ1) is 5.33. The van der Waals surface area contributed by atoms with Crippen LogP contribution in [0.25, 0.3) is 0 Å². The molecule has 0 aromatic rings. The van der Waals surface area contributed by atoms with Crippen molar-refractivity contribution in [1.82, 2.24) is 0 Å². The summed E-state index contributed by atoms with van der Waals surface area (Å²) in [4.78, 5) is 0. The number of hydrogen-bond acceptors (Lipinski definition) is 2. The second-order valence-corrected chi connectivity index (χ2v) is 3.07. The molecular formula is C9H16O2. The fourth-order valence-electron chi connectivity index (χ4n) is 1.48. The smallest absolute Gasteiger partial charge is 0.0810 e. The molecule has 2 heteroatoms. The maximum absolute atomic E-state index is 9.34. The zero-order valence-corrected chi connectivity index (χ0v) is 7.05. The van der Waals surface area contributed by atoms with Crippen molar-refractivity contribution in [2.45, 2.75) is 31.8 Å². The number of aliphatic hydroxyl groups excluding tert-OH is 1. The monoisotopic (exact) mass is 156 g/mol. The van der Waals surface area contributed by atoms with Gasteiger partial charge in [-0.3, -0.25) is 0 Å². The van der Waals surface area contributed by atoms with Gasteiger partial charge in [0.2, 0.25) is 0 Å². The molecule has 0 saturated carbocycles. The summed E-state index contributed by atoms with van der Waals surface area (Å²) in [5.41, 5.74) is 1.40. The van der Waals surface area contributed by atoms with E-state index in [1.165, 1.54) is 24.8 Å². The van der Waals surface area contributed by atoms with Crippen LogP contribution in [0.4, 0.5) is 0 Å². The molecule has 0 aromatic carbocycles. The predicted octanol–water partition coefficient (Wildman–Crippen LogP) is 1.49. The molecule has 2 nitrogen and oxygen atoms in total. The van der Waals surface area contributed by atoms with E-state index in [2.05, 4.69) is 6.08 Å². The standard InChI is InChI=1S/C9H16O2/c1-11-7-9(10)6-8-4-2-3-5-8/h4,9-10H,2-3,5-7H2,1H3. The Bertz CT molecular complexity index is 140. The lowest BCUT2D eigenvalue weighted by Gasteiger charge is -2.09. The number of methoxy groups -OCH3 is 1. The highest BCUT2D eigenvalue weighted by atomic mass is 16.5. The van der Waals surface area contributed by atoms with E-state index >= 15 is 0 Å². The second kappa shape index (κ2) is 4.52. The third-order valence-corrected chi connectivity index (χ3v) is 1.99. The van der Waals surface area contributed by atoms with Crippen molar-refractivity contribution in [3.63, 3.8) is 0 Å². The van der Waals surface area contributed by atoms with Gasteiger partial charge in [-0.2, -0.15) is 0 Å². The Morgan fingerprint density at radius 2 is 2.55 bits per heavy atom. The van der Waals surface area contributed by atoms with Crippen LogP contribution in [0.3, 0.4) is 0 Å². The molecule has 11 heavy (non-hydrogen) atoms. The zero-order chi connectivity index (χ0) is 8.10. The Kier molecular flexibility index (Phi) is 3.60. The largest absolute Gasteiger partial charge is 0.390 e. The average molecular weight is 156 g/mol. The van der Waals surface area contributed by atoms with Gasteiger partial charge in [-0.25, -0.2) is 0 Å². The number of ether oxygens (including phenoxy) is 1. The summed E-state index contributed by atoms with van der Waals surface area (Å²) in [6.07, 6.45) is 6.35. The van der Waals surface area contributed by atoms with Crippen LogP contribution in [0, 0.1) is 0 Å². The van der Waals surface area contributed by atoms with Crippen molar-refractivity contribution in [2.24, 2.45) is 0 Å². The zero-order valence-electron chi connectivity index (χ0n) is 7.05. The number of rotatable bonds is 4. The molecule has 0 spiro atoms. The molecule has 0 aliphatic heterocycles. The fourth-order valence-corrected chi connectivity index (χ4v) is 1.48. The molecule has 0 radical (unpaired) electrons. The van der Waals surface area contributed by atoms with E-state index in [0.29, 0.717) is 6.61 Å². The van der Waals surface area contributed by atoms with Crippen molar-refractivity contribution < 1.29 is 9.84 Å². The van der Waals surface area contributed by atoms with Gasteiger partial charge in [-0.05, 0) is 25.7 Å². The van der Waals surface area contributed by atoms with Gasteiger partial charge in [0, 0.05) is 7.11 Å². The lowest BCUT2D eigenvalue weighted by molar-refractivity contribution is 0.0647. The van der Waals surface area contributed by atoms with E-state index in [4.69, 9.17) is 4.74 Å². The first kappa shape index (κ1) is 8.75. The molecule has 1 aliphatic carbocycles. The molecular weight excluding hydrogens is 140 g/mol. The lowest BCUT2D eigenvalue weighted by atomic mass is 10.1. The lowest BCUT2D eigenvalue weighted by Crippen LogP contribution is -2.14. The van der Waals surface area contributed by atoms with Crippen LogP contribution in [0.2, 0.25) is 0 Å². The van der Waals surface area contributed by atoms with E-state index in [1.807, 2.05) is 0 Å². The van der Waals surface area contributed by atoms with E-state index in [0.717, 1.165) is 6.42 Å². The summed E-state index contributed by atoms with van der Waals surface area (Å²) in [5, 5.41) is 9.34. The van der Waals surface area contributed by atoms with Gasteiger partial charge >= 0.3 is 0 Å². The molecule has 0 bridgehead atoms. The van der Waals surface area contributed by atoms with Gasteiger partial charge < -0.3 is 9.84 Å². The SMILES string of the molecule is COCC(O)CC1=CCCC1. The van der Waals surface area contributed by atoms with Crippen LogP contribution in [0.15, 0.2) is 11.6 Å². The minimum absolute atomic E-state index is 0.302. The summed E-state index contributed by atoms with van der Waals surface area (Å²) in [7, 11) is 1.62. The number of aliphatic hydroxyl groups is 1. The molecule has 1 aliphatic rings. The van der Waals surface area contributed by atoms with Crippen molar-refractivity contribution in [1.29, 1.82) is 0 Å². The van der Waals surface area contributed by atoms with Crippen LogP contribution >= 0.6 is 0 Å². The quantitative estimate of drug-likeness (QED) is 0.625. The Morgan fingerprint density at radius 1 is 1.73 bits per heavy atom. The van der Waals surface area contributed by atoms with E-state index < -0.39 is 0 Å². The molecule has 1 unspecified atom stereocenters. The van der Waals surface area contributed by atoms with Gasteiger partial charge in [-0.15, -0.1) is 0 Å². The Morgan fingerprint density at radius 3 is 3.09 bits per heavy atom. The first-order valence-corrected chi connectivity index (χ1v) is 4.18. The molecule has 1 rings (SSSR count). The van der Waals surface area contributed by atoms with Crippen molar-refractivity contribution in [3.05, 3.63) is 11.6 Å². The van der Waals surface area contributed by atoms with E-state index in [-0.39, 0.29) is 6.10 Å². The topological polar surface area (TPSA) is 29.5 Å². The number of allylic oxidation sites excluding steroid dienone is 1. The Hall–Kier alpha value is -0.340. The van der Waals surface area contributed by atoms with Crippen molar-refractivity contribution in [3.8, 4) is 0 Å². The van der Waals surface area contributed by atoms with E-state index in [1.54, 1.807) is 7.11 Å². The highest BCUT2D eigenvalue weighted by Gasteiger charge is 2.09. The van der Waals surface area contributed by atoms with Crippen LogP contribution in [0.1, 0.15) is 25.7 Å². The first-order valence-electron chi connectivity index (χ1n) is 4.18. The summed E-state index contributed by atoms with van der Waals surface area (Å²) < 4.78 is 4.84. The minimum Gasteiger partial charge on any atom is -0.390 e. The van der Waals surface area contributed by atoms with Crippen LogP contribution < -0.4 is 0 Å². The van der Waals surface area contributed by atoms with Crippen LogP contribution in [-0.4, -0.2) is 24.9 Å². The van der Waals surface area contributed by atoms with E-state index in [9.17, 15) is 5.11 Å². The molecule has 0 fully saturated rings. The van der Waals surface area contributed by atoms with Crippen LogP contribution in [-0.2, 0) is 4.74 Å². The third-order valence-electron chi connectivity index (χ3n) is 1.99. The molecule has 0 aromatic heterocycles. The Balaban J connectivity index is 2.18. The molecule has 0 saturated heterocycles. The summed E-state index contributed by atoms with van der Waals surface area (Å²) in [6, 6.07) is 0.